The molecule has 1 aliphatic rings. The molecule has 0 spiro atoms. The highest BCUT2D eigenvalue weighted by Gasteiger charge is 2.30. The summed E-state index contributed by atoms with van der Waals surface area (Å²) in [7, 11) is 0. The van der Waals surface area contributed by atoms with Crippen molar-refractivity contribution in [2.45, 2.75) is 65.1 Å². The average Bonchev–Trinajstić information content (AvgIpc) is 3.35. The summed E-state index contributed by atoms with van der Waals surface area (Å²) >= 11 is 0. The van der Waals surface area contributed by atoms with Crippen molar-refractivity contribution >= 4 is 23.6 Å². The van der Waals surface area contributed by atoms with Gasteiger partial charge in [-0.2, -0.15) is 5.10 Å². The zero-order valence-electron chi connectivity index (χ0n) is 25.0. The van der Waals surface area contributed by atoms with E-state index in [1.807, 2.05) is 44.2 Å². The van der Waals surface area contributed by atoms with E-state index < -0.39 is 12.1 Å². The van der Waals surface area contributed by atoms with Gasteiger partial charge in [0, 0.05) is 50.4 Å². The summed E-state index contributed by atoms with van der Waals surface area (Å²) in [6.45, 7) is 6.66. The molecule has 43 heavy (non-hydrogen) atoms. The number of nitrogens with zero attached hydrogens (tertiary/aromatic N) is 5. The van der Waals surface area contributed by atoms with Crippen LogP contribution in [0.2, 0.25) is 0 Å². The normalized spacial score (nSPS) is 19.4. The van der Waals surface area contributed by atoms with E-state index in [0.717, 1.165) is 5.56 Å². The van der Waals surface area contributed by atoms with E-state index in [2.05, 4.69) is 31.0 Å². The molecule has 228 valence electrons. The molecule has 1 aromatic carbocycles. The zero-order valence-corrected chi connectivity index (χ0v) is 25.0. The Morgan fingerprint density at radius 2 is 1.70 bits per heavy atom. The molecule has 12 heteroatoms. The molecule has 4 rings (SSSR count). The Kier molecular flexibility index (Phi) is 11.0. The van der Waals surface area contributed by atoms with E-state index >= 15 is 0 Å². The van der Waals surface area contributed by atoms with Crippen molar-refractivity contribution in [3.63, 3.8) is 0 Å². The molecule has 0 unspecified atom stereocenters. The van der Waals surface area contributed by atoms with Gasteiger partial charge in [0.1, 0.15) is 18.4 Å². The predicted octanol–water partition coefficient (Wildman–Crippen LogP) is 1.96. The fourth-order valence-electron chi connectivity index (χ4n) is 5.04. The summed E-state index contributed by atoms with van der Waals surface area (Å²) in [5.74, 6) is -0.181. The minimum Gasteiger partial charge on any atom is -0.354 e. The molecular weight excluding hydrogens is 548 g/mol. The van der Waals surface area contributed by atoms with Crippen LogP contribution in [-0.2, 0) is 27.3 Å². The van der Waals surface area contributed by atoms with Crippen LogP contribution in [-0.4, -0.2) is 74.0 Å². The molecule has 2 atom stereocenters. The second kappa shape index (κ2) is 15.0. The van der Waals surface area contributed by atoms with Crippen LogP contribution in [0.1, 0.15) is 66.7 Å². The van der Waals surface area contributed by atoms with Crippen LogP contribution in [0.3, 0.4) is 0 Å². The number of fused-ring (bicyclic) bond motifs is 1. The number of aryl methyl sites for hydroxylation is 1. The lowest BCUT2D eigenvalue weighted by molar-refractivity contribution is -0.129. The molecule has 0 radical (unpaired) electrons. The molecule has 0 fully saturated rings. The Morgan fingerprint density at radius 3 is 2.42 bits per heavy atom. The molecule has 12 nitrogen and oxygen atoms in total. The van der Waals surface area contributed by atoms with Gasteiger partial charge in [0.15, 0.2) is 5.82 Å². The van der Waals surface area contributed by atoms with Crippen LogP contribution in [0, 0.1) is 12.8 Å². The number of carbonyl (C=O) groups is 4. The Labute approximate surface area is 251 Å². The van der Waals surface area contributed by atoms with Gasteiger partial charge in [0.2, 0.25) is 17.7 Å². The zero-order chi connectivity index (χ0) is 30.8. The van der Waals surface area contributed by atoms with Gasteiger partial charge in [0.05, 0.1) is 6.04 Å². The van der Waals surface area contributed by atoms with Crippen molar-refractivity contribution in [3.8, 4) is 0 Å². The number of pyridine rings is 1. The highest BCUT2D eigenvalue weighted by atomic mass is 16.2. The molecule has 0 saturated heterocycles. The third-order valence-electron chi connectivity index (χ3n) is 7.25. The van der Waals surface area contributed by atoms with Crippen LogP contribution in [0.15, 0.2) is 54.9 Å². The van der Waals surface area contributed by atoms with E-state index in [1.54, 1.807) is 36.4 Å². The van der Waals surface area contributed by atoms with Crippen LogP contribution in [0.5, 0.6) is 0 Å². The topological polar surface area (TPSA) is 151 Å². The minimum absolute atomic E-state index is 0.0703. The maximum absolute atomic E-state index is 13.7. The summed E-state index contributed by atoms with van der Waals surface area (Å²) < 4.78 is 1.52. The molecule has 3 aromatic rings. The van der Waals surface area contributed by atoms with Crippen LogP contribution < -0.4 is 16.0 Å². The van der Waals surface area contributed by atoms with Gasteiger partial charge in [-0.25, -0.2) is 9.67 Å². The first kappa shape index (κ1) is 31.3. The van der Waals surface area contributed by atoms with Gasteiger partial charge in [0.25, 0.3) is 5.91 Å². The molecule has 3 N–H and O–H groups in total. The van der Waals surface area contributed by atoms with E-state index in [4.69, 9.17) is 0 Å². The number of amides is 4. The summed E-state index contributed by atoms with van der Waals surface area (Å²) in [5, 5.41) is 13.3. The SMILES string of the molecule is Cc1nc2n(n1)CC(=O)NCCCN(C(=O)c1ccncc1)CCCC(=O)N[C@H](Cc1ccccc1)C(=O)N[C@H]2C(C)C. The molecule has 3 heterocycles. The van der Waals surface area contributed by atoms with Gasteiger partial charge in [-0.1, -0.05) is 44.2 Å². The highest BCUT2D eigenvalue weighted by Crippen LogP contribution is 2.21. The number of carbonyl (C=O) groups excluding carboxylic acids is 4. The fraction of sp³-hybridized carbons (Fsp3) is 0.452. The van der Waals surface area contributed by atoms with Gasteiger partial charge < -0.3 is 20.9 Å². The van der Waals surface area contributed by atoms with Crippen LogP contribution in [0.4, 0.5) is 0 Å². The molecule has 0 bridgehead atoms. The van der Waals surface area contributed by atoms with Crippen LogP contribution >= 0.6 is 0 Å². The largest absolute Gasteiger partial charge is 0.354 e. The van der Waals surface area contributed by atoms with Gasteiger partial charge in [-0.15, -0.1) is 0 Å². The summed E-state index contributed by atoms with van der Waals surface area (Å²) in [4.78, 5) is 63.2. The first-order valence-electron chi connectivity index (χ1n) is 14.7. The number of benzene rings is 1. The number of aromatic nitrogens is 4. The highest BCUT2D eigenvalue weighted by molar-refractivity contribution is 5.94. The second-order valence-electron chi connectivity index (χ2n) is 11.1. The minimum atomic E-state index is -0.842. The van der Waals surface area contributed by atoms with E-state index in [-0.39, 0.29) is 42.5 Å². The Balaban J connectivity index is 1.60. The maximum Gasteiger partial charge on any atom is 0.253 e. The molecule has 4 amide bonds. The lowest BCUT2D eigenvalue weighted by Gasteiger charge is -2.26. The molecule has 1 aliphatic heterocycles. The number of rotatable bonds is 4. The van der Waals surface area contributed by atoms with Crippen LogP contribution in [0.25, 0.3) is 0 Å². The van der Waals surface area contributed by atoms with Gasteiger partial charge in [-0.05, 0) is 43.4 Å². The molecule has 2 aromatic heterocycles. The van der Waals surface area contributed by atoms with Gasteiger partial charge >= 0.3 is 0 Å². The number of nitrogens with one attached hydrogen (secondary N) is 3. The molecule has 0 aliphatic carbocycles. The Morgan fingerprint density at radius 1 is 0.977 bits per heavy atom. The Hall–Kier alpha value is -4.61. The molecular formula is C31H40N8O4. The summed E-state index contributed by atoms with van der Waals surface area (Å²) in [6, 6.07) is 11.4. The van der Waals surface area contributed by atoms with E-state index in [1.165, 1.54) is 4.68 Å². The standard InChI is InChI=1S/C31H40N8O4/c1-21(2)28-29-34-22(3)37-39(29)20-27(41)33-14-8-18-38(31(43)24-12-15-32-16-13-24)17-7-11-26(40)35-25(30(42)36-28)19-23-9-5-4-6-10-23/h4-6,9-10,12-13,15-16,21,25,28H,7-8,11,14,17-20H2,1-3H3,(H,33,41)(H,35,40)(H,36,42)/t25-,28+/m1/s1. The van der Waals surface area contributed by atoms with Crippen molar-refractivity contribution in [1.29, 1.82) is 0 Å². The second-order valence-corrected chi connectivity index (χ2v) is 11.1. The Bertz CT molecular complexity index is 1390. The predicted molar refractivity (Wildman–Crippen MR) is 160 cm³/mol. The lowest BCUT2D eigenvalue weighted by atomic mass is 10.0. The van der Waals surface area contributed by atoms with Crippen molar-refractivity contribution in [2.75, 3.05) is 19.6 Å². The van der Waals surface area contributed by atoms with Gasteiger partial charge in [-0.3, -0.25) is 24.2 Å². The maximum atomic E-state index is 13.7. The van der Waals surface area contributed by atoms with E-state index in [0.29, 0.717) is 56.1 Å². The van der Waals surface area contributed by atoms with Crippen molar-refractivity contribution in [3.05, 3.63) is 77.6 Å². The summed E-state index contributed by atoms with van der Waals surface area (Å²) in [5.41, 5.74) is 1.40. The first-order valence-corrected chi connectivity index (χ1v) is 14.7. The van der Waals surface area contributed by atoms with Crippen molar-refractivity contribution < 1.29 is 19.2 Å². The molecule has 0 saturated carbocycles. The fourth-order valence-corrected chi connectivity index (χ4v) is 5.04. The number of hydrogen-bond donors (Lipinski definition) is 3. The third-order valence-corrected chi connectivity index (χ3v) is 7.25. The summed E-state index contributed by atoms with van der Waals surface area (Å²) in [6.07, 6.45) is 4.49. The monoisotopic (exact) mass is 588 g/mol. The lowest BCUT2D eigenvalue weighted by Crippen LogP contribution is -2.50. The third kappa shape index (κ3) is 8.94. The quantitative estimate of drug-likeness (QED) is 0.422. The smallest absolute Gasteiger partial charge is 0.253 e. The van der Waals surface area contributed by atoms with Crippen molar-refractivity contribution in [2.24, 2.45) is 5.92 Å². The first-order chi connectivity index (χ1) is 20.7. The van der Waals surface area contributed by atoms with E-state index in [9.17, 15) is 19.2 Å². The average molecular weight is 589 g/mol. The number of hydrogen-bond acceptors (Lipinski definition) is 7. The van der Waals surface area contributed by atoms with Crippen molar-refractivity contribution in [1.82, 2.24) is 40.6 Å².